The highest BCUT2D eigenvalue weighted by atomic mass is 79.9. The van der Waals surface area contributed by atoms with Gasteiger partial charge in [-0.3, -0.25) is 9.69 Å². The van der Waals surface area contributed by atoms with Crippen LogP contribution in [0.3, 0.4) is 0 Å². The van der Waals surface area contributed by atoms with Crippen molar-refractivity contribution < 1.29 is 4.79 Å². The predicted octanol–water partition coefficient (Wildman–Crippen LogP) is 5.69. The van der Waals surface area contributed by atoms with Crippen molar-refractivity contribution >= 4 is 38.4 Å². The van der Waals surface area contributed by atoms with Gasteiger partial charge >= 0.3 is 0 Å². The molecule has 1 unspecified atom stereocenters. The minimum atomic E-state index is -0.307. The number of unbranched alkanes of at least 4 members (excludes halogenated alkanes) is 1. The largest absolute Gasteiger partial charge is 0.357 e. The highest BCUT2D eigenvalue weighted by Gasteiger charge is 2.49. The number of fused-ring (bicyclic) bond motifs is 3. The molecule has 0 saturated heterocycles. The highest BCUT2D eigenvalue weighted by Crippen LogP contribution is 2.51. The monoisotopic (exact) mass is 477 g/mol. The number of aromatic amines is 1. The van der Waals surface area contributed by atoms with Crippen molar-refractivity contribution in [1.82, 2.24) is 9.88 Å². The average molecular weight is 478 g/mol. The topological polar surface area (TPSA) is 48.1 Å². The zero-order valence-electron chi connectivity index (χ0n) is 17.8. The van der Waals surface area contributed by atoms with Gasteiger partial charge in [0.15, 0.2) is 0 Å². The molecule has 3 heterocycles. The van der Waals surface area contributed by atoms with Gasteiger partial charge in [0.1, 0.15) is 0 Å². The maximum atomic E-state index is 13.1. The Hall–Kier alpha value is -2.11. The number of carbonyl (C=O) groups excluding carboxylic acids is 1. The number of hydrogen-bond acceptors (Lipinski definition) is 2. The van der Waals surface area contributed by atoms with Crippen molar-refractivity contribution in [3.8, 4) is 0 Å². The summed E-state index contributed by atoms with van der Waals surface area (Å²) in [5.74, 6) is 0.224. The molecule has 31 heavy (non-hydrogen) atoms. The molecule has 1 amide bonds. The Kier molecular flexibility index (Phi) is 4.73. The Morgan fingerprint density at radius 1 is 1.06 bits per heavy atom. The molecule has 3 aromatic rings. The normalized spacial score (nSPS) is 22.4. The lowest BCUT2D eigenvalue weighted by Gasteiger charge is -2.34. The SMILES string of the molecule is O=C1Nc2ccc(Br)c3c2C1(CCCCN1CCc2c([nH]c4ccccc24)C1)CCC3. The number of halogens is 1. The number of rotatable bonds is 5. The predicted molar refractivity (Wildman–Crippen MR) is 129 cm³/mol. The first-order valence-corrected chi connectivity index (χ1v) is 12.4. The molecular formula is C26H28BrN3O. The molecule has 1 atom stereocenters. The molecule has 2 aliphatic heterocycles. The van der Waals surface area contributed by atoms with Crippen molar-refractivity contribution in [3.63, 3.8) is 0 Å². The Bertz CT molecular complexity index is 1180. The number of H-pyrrole nitrogens is 1. The molecule has 160 valence electrons. The van der Waals surface area contributed by atoms with Gasteiger partial charge in [-0.1, -0.05) is 40.5 Å². The quantitative estimate of drug-likeness (QED) is 0.464. The summed E-state index contributed by atoms with van der Waals surface area (Å²) >= 11 is 3.73. The summed E-state index contributed by atoms with van der Waals surface area (Å²) in [5.41, 5.74) is 7.54. The van der Waals surface area contributed by atoms with Gasteiger partial charge in [0.25, 0.3) is 0 Å². The number of amides is 1. The maximum Gasteiger partial charge on any atom is 0.235 e. The number of para-hydroxylation sites is 1. The summed E-state index contributed by atoms with van der Waals surface area (Å²) in [4.78, 5) is 19.3. The molecule has 6 rings (SSSR count). The molecule has 1 aliphatic carbocycles. The van der Waals surface area contributed by atoms with Gasteiger partial charge in [0.2, 0.25) is 5.91 Å². The van der Waals surface area contributed by atoms with E-state index in [1.165, 1.54) is 33.3 Å². The summed E-state index contributed by atoms with van der Waals surface area (Å²) in [6.07, 6.45) is 7.46. The van der Waals surface area contributed by atoms with Crippen molar-refractivity contribution in [2.45, 2.75) is 56.9 Å². The summed E-state index contributed by atoms with van der Waals surface area (Å²) in [7, 11) is 0. The molecule has 5 heteroatoms. The van der Waals surface area contributed by atoms with Gasteiger partial charge in [0.05, 0.1) is 5.41 Å². The van der Waals surface area contributed by atoms with E-state index in [0.29, 0.717) is 0 Å². The summed E-state index contributed by atoms with van der Waals surface area (Å²) in [6, 6.07) is 12.8. The van der Waals surface area contributed by atoms with E-state index in [2.05, 4.69) is 67.5 Å². The lowest BCUT2D eigenvalue weighted by Crippen LogP contribution is -2.37. The fourth-order valence-electron chi connectivity index (χ4n) is 6.24. The molecule has 3 aliphatic rings. The molecule has 2 N–H and O–H groups in total. The van der Waals surface area contributed by atoms with Crippen LogP contribution < -0.4 is 5.32 Å². The van der Waals surface area contributed by atoms with Crippen molar-refractivity contribution in [2.75, 3.05) is 18.4 Å². The first-order valence-electron chi connectivity index (χ1n) is 11.6. The number of hydrogen-bond donors (Lipinski definition) is 2. The van der Waals surface area contributed by atoms with Crippen LogP contribution in [0.25, 0.3) is 10.9 Å². The molecule has 1 aromatic heterocycles. The van der Waals surface area contributed by atoms with E-state index in [-0.39, 0.29) is 11.3 Å². The molecule has 0 radical (unpaired) electrons. The standard InChI is InChI=1S/C26H28BrN3O/c27-20-9-10-22-24-19(20)7-5-13-26(24,25(31)29-22)12-3-4-14-30-15-11-18-17-6-1-2-8-21(17)28-23(18)16-30/h1-2,6,8-10,28H,3-5,7,11-16H2,(H,29,31). The minimum Gasteiger partial charge on any atom is -0.357 e. The van der Waals surface area contributed by atoms with E-state index < -0.39 is 0 Å². The van der Waals surface area contributed by atoms with Crippen LogP contribution in [0.5, 0.6) is 0 Å². The molecule has 0 spiro atoms. The van der Waals surface area contributed by atoms with E-state index in [1.807, 2.05) is 0 Å². The number of nitrogens with one attached hydrogen (secondary N) is 2. The Labute approximate surface area is 191 Å². The number of benzene rings is 2. The van der Waals surface area contributed by atoms with Gasteiger partial charge < -0.3 is 10.3 Å². The van der Waals surface area contributed by atoms with Crippen LogP contribution in [0.1, 0.15) is 54.5 Å². The molecular weight excluding hydrogens is 450 g/mol. The third kappa shape index (κ3) is 3.08. The van der Waals surface area contributed by atoms with Crippen molar-refractivity contribution in [1.29, 1.82) is 0 Å². The lowest BCUT2D eigenvalue weighted by molar-refractivity contribution is -0.121. The zero-order chi connectivity index (χ0) is 21.0. The molecule has 4 nitrogen and oxygen atoms in total. The van der Waals surface area contributed by atoms with Crippen LogP contribution in [-0.2, 0) is 29.6 Å². The number of anilines is 1. The van der Waals surface area contributed by atoms with Gasteiger partial charge in [-0.2, -0.15) is 0 Å². The second-order valence-electron chi connectivity index (χ2n) is 9.45. The highest BCUT2D eigenvalue weighted by molar-refractivity contribution is 9.10. The second kappa shape index (κ2) is 7.49. The molecule has 2 aromatic carbocycles. The van der Waals surface area contributed by atoms with E-state index in [1.54, 1.807) is 0 Å². The van der Waals surface area contributed by atoms with Crippen molar-refractivity contribution in [2.24, 2.45) is 0 Å². The number of aromatic nitrogens is 1. The minimum absolute atomic E-state index is 0.224. The number of nitrogens with zero attached hydrogens (tertiary/aromatic N) is 1. The van der Waals surface area contributed by atoms with Crippen LogP contribution >= 0.6 is 15.9 Å². The fraction of sp³-hybridized carbons (Fsp3) is 0.423. The van der Waals surface area contributed by atoms with E-state index in [4.69, 9.17) is 0 Å². The second-order valence-corrected chi connectivity index (χ2v) is 10.3. The first kappa shape index (κ1) is 19.6. The van der Waals surface area contributed by atoms with Crippen LogP contribution in [0.15, 0.2) is 40.9 Å². The molecule has 0 bridgehead atoms. The van der Waals surface area contributed by atoms with Crippen LogP contribution in [-0.4, -0.2) is 28.9 Å². The fourth-order valence-corrected chi connectivity index (χ4v) is 6.77. The Morgan fingerprint density at radius 3 is 2.90 bits per heavy atom. The number of carbonyl (C=O) groups is 1. The summed E-state index contributed by atoms with van der Waals surface area (Å²) < 4.78 is 1.16. The van der Waals surface area contributed by atoms with E-state index in [9.17, 15) is 4.79 Å². The summed E-state index contributed by atoms with van der Waals surface area (Å²) in [6.45, 7) is 3.24. The third-order valence-corrected chi connectivity index (χ3v) is 8.48. The van der Waals surface area contributed by atoms with Gasteiger partial charge in [-0.25, -0.2) is 0 Å². The van der Waals surface area contributed by atoms with Crippen LogP contribution in [0, 0.1) is 0 Å². The van der Waals surface area contributed by atoms with Gasteiger partial charge in [-0.05, 0) is 80.0 Å². The average Bonchev–Trinajstić information content (AvgIpc) is 3.29. The van der Waals surface area contributed by atoms with E-state index in [0.717, 1.165) is 74.7 Å². The molecule has 0 fully saturated rings. The summed E-state index contributed by atoms with van der Waals surface area (Å²) in [5, 5.41) is 4.58. The maximum absolute atomic E-state index is 13.1. The van der Waals surface area contributed by atoms with Gasteiger partial charge in [0, 0.05) is 39.8 Å². The van der Waals surface area contributed by atoms with Crippen LogP contribution in [0.2, 0.25) is 0 Å². The van der Waals surface area contributed by atoms with Crippen LogP contribution in [0.4, 0.5) is 5.69 Å². The van der Waals surface area contributed by atoms with Crippen molar-refractivity contribution in [3.05, 3.63) is 63.3 Å². The van der Waals surface area contributed by atoms with Gasteiger partial charge in [-0.15, -0.1) is 0 Å². The lowest BCUT2D eigenvalue weighted by atomic mass is 9.68. The molecule has 0 saturated carbocycles. The smallest absolute Gasteiger partial charge is 0.235 e. The zero-order valence-corrected chi connectivity index (χ0v) is 19.4. The third-order valence-electron chi connectivity index (χ3n) is 7.74. The Morgan fingerprint density at radius 2 is 1.97 bits per heavy atom. The first-order chi connectivity index (χ1) is 15.2. The van der Waals surface area contributed by atoms with E-state index >= 15 is 0 Å². The Balaban J connectivity index is 1.12.